The van der Waals surface area contributed by atoms with Gasteiger partial charge >= 0.3 is 18.1 Å². The van der Waals surface area contributed by atoms with Crippen LogP contribution < -0.4 is 5.32 Å². The first-order chi connectivity index (χ1) is 12.3. The fraction of sp³-hybridized carbons (Fsp3) is 0.176. The highest BCUT2D eigenvalue weighted by atomic mass is 19.4. The number of nitrogens with zero attached hydrogens (tertiary/aromatic N) is 2. The average Bonchev–Trinajstić information content (AvgIpc) is 2.60. The van der Waals surface area contributed by atoms with E-state index in [-0.39, 0.29) is 6.42 Å². The minimum Gasteiger partial charge on any atom is -0.480 e. The van der Waals surface area contributed by atoms with Gasteiger partial charge in [-0.3, -0.25) is 4.79 Å². The lowest BCUT2D eigenvalue weighted by atomic mass is 10.1. The van der Waals surface area contributed by atoms with Gasteiger partial charge in [-0.2, -0.15) is 23.4 Å². The Balaban J connectivity index is 2.03. The van der Waals surface area contributed by atoms with E-state index < -0.39 is 24.1 Å². The van der Waals surface area contributed by atoms with Gasteiger partial charge in [0.25, 0.3) is 0 Å². The van der Waals surface area contributed by atoms with Crippen molar-refractivity contribution in [2.24, 2.45) is 10.2 Å². The third kappa shape index (κ3) is 5.69. The molecule has 0 aliphatic rings. The lowest BCUT2D eigenvalue weighted by molar-refractivity contribution is -0.175. The summed E-state index contributed by atoms with van der Waals surface area (Å²) in [6, 6.07) is 13.4. The Morgan fingerprint density at radius 1 is 0.962 bits per heavy atom. The summed E-state index contributed by atoms with van der Waals surface area (Å²) in [7, 11) is 0. The molecule has 0 radical (unpaired) electrons. The van der Waals surface area contributed by atoms with E-state index in [1.165, 1.54) is 17.4 Å². The van der Waals surface area contributed by atoms with E-state index in [0.717, 1.165) is 0 Å². The van der Waals surface area contributed by atoms with Crippen molar-refractivity contribution >= 4 is 23.3 Å². The molecule has 0 fully saturated rings. The number of aliphatic carboxylic acids is 1. The number of amides is 1. The maximum atomic E-state index is 12.3. The first kappa shape index (κ1) is 19.1. The molecular formula is C17H14F3N3O3. The third-order valence-corrected chi connectivity index (χ3v) is 3.27. The standard InChI is InChI=1S/C17H14F3N3O3/c18-17(19,20)16(26)21-14(15(24)25)10-11-6-8-13(9-7-11)23-22-12-4-2-1-3-5-12/h1-9,14H,10H2,(H,21,26)(H,24,25)/t14-/m0/s1. The van der Waals surface area contributed by atoms with Crippen LogP contribution in [-0.2, 0) is 16.0 Å². The Morgan fingerprint density at radius 2 is 1.50 bits per heavy atom. The molecule has 2 aromatic carbocycles. The molecule has 0 aromatic heterocycles. The number of carboxylic acids is 1. The Bertz CT molecular complexity index is 790. The van der Waals surface area contributed by atoms with Crippen LogP contribution in [0.1, 0.15) is 5.56 Å². The number of halogens is 3. The van der Waals surface area contributed by atoms with Gasteiger partial charge in [0.15, 0.2) is 0 Å². The van der Waals surface area contributed by atoms with Gasteiger partial charge in [-0.15, -0.1) is 0 Å². The van der Waals surface area contributed by atoms with E-state index in [1.807, 2.05) is 6.07 Å². The number of hydrogen-bond donors (Lipinski definition) is 2. The summed E-state index contributed by atoms with van der Waals surface area (Å²) in [5, 5.41) is 18.5. The summed E-state index contributed by atoms with van der Waals surface area (Å²) in [5.41, 5.74) is 1.57. The molecule has 26 heavy (non-hydrogen) atoms. The van der Waals surface area contributed by atoms with Crippen molar-refractivity contribution in [2.75, 3.05) is 0 Å². The fourth-order valence-electron chi connectivity index (χ4n) is 1.98. The highest BCUT2D eigenvalue weighted by Crippen LogP contribution is 2.19. The summed E-state index contributed by atoms with van der Waals surface area (Å²) in [4.78, 5) is 22.0. The Morgan fingerprint density at radius 3 is 2.00 bits per heavy atom. The van der Waals surface area contributed by atoms with Crippen molar-refractivity contribution in [3.63, 3.8) is 0 Å². The predicted octanol–water partition coefficient (Wildman–Crippen LogP) is 3.78. The van der Waals surface area contributed by atoms with Crippen molar-refractivity contribution < 1.29 is 27.9 Å². The van der Waals surface area contributed by atoms with Crippen LogP contribution in [-0.4, -0.2) is 29.2 Å². The molecule has 0 unspecified atom stereocenters. The van der Waals surface area contributed by atoms with Crippen LogP contribution in [0, 0.1) is 0 Å². The zero-order valence-electron chi connectivity index (χ0n) is 13.3. The number of benzene rings is 2. The second kappa shape index (κ2) is 8.24. The molecule has 0 saturated carbocycles. The minimum atomic E-state index is -5.14. The number of carbonyl (C=O) groups is 2. The van der Waals surface area contributed by atoms with Crippen LogP contribution in [0.4, 0.5) is 24.5 Å². The van der Waals surface area contributed by atoms with Gasteiger partial charge in [0.05, 0.1) is 11.4 Å². The van der Waals surface area contributed by atoms with E-state index in [0.29, 0.717) is 16.9 Å². The molecule has 1 amide bonds. The molecule has 6 nitrogen and oxygen atoms in total. The first-order valence-electron chi connectivity index (χ1n) is 7.42. The first-order valence-corrected chi connectivity index (χ1v) is 7.42. The Kier molecular flexibility index (Phi) is 6.05. The second-order valence-electron chi connectivity index (χ2n) is 5.27. The zero-order valence-corrected chi connectivity index (χ0v) is 13.3. The van der Waals surface area contributed by atoms with Crippen LogP contribution in [0.5, 0.6) is 0 Å². The van der Waals surface area contributed by atoms with Gasteiger partial charge in [-0.1, -0.05) is 30.3 Å². The van der Waals surface area contributed by atoms with Crippen molar-refractivity contribution in [2.45, 2.75) is 18.6 Å². The fourth-order valence-corrected chi connectivity index (χ4v) is 1.98. The van der Waals surface area contributed by atoms with Crippen molar-refractivity contribution in [1.82, 2.24) is 5.32 Å². The summed E-state index contributed by atoms with van der Waals surface area (Å²) in [5.74, 6) is -3.85. The Hall–Kier alpha value is -3.23. The third-order valence-electron chi connectivity index (χ3n) is 3.27. The highest BCUT2D eigenvalue weighted by Gasteiger charge is 2.40. The quantitative estimate of drug-likeness (QED) is 0.763. The van der Waals surface area contributed by atoms with Crippen LogP contribution >= 0.6 is 0 Å². The van der Waals surface area contributed by atoms with Gasteiger partial charge in [-0.25, -0.2) is 4.79 Å². The monoisotopic (exact) mass is 365 g/mol. The number of alkyl halides is 3. The Labute approximate surface area is 146 Å². The largest absolute Gasteiger partial charge is 0.480 e. The molecule has 2 aromatic rings. The van der Waals surface area contributed by atoms with Gasteiger partial charge in [0, 0.05) is 6.42 Å². The van der Waals surface area contributed by atoms with E-state index in [4.69, 9.17) is 5.11 Å². The summed E-state index contributed by atoms with van der Waals surface area (Å²) < 4.78 is 36.8. The summed E-state index contributed by atoms with van der Waals surface area (Å²) >= 11 is 0. The minimum absolute atomic E-state index is 0.298. The topological polar surface area (TPSA) is 91.1 Å². The van der Waals surface area contributed by atoms with Crippen LogP contribution in [0.3, 0.4) is 0 Å². The van der Waals surface area contributed by atoms with Crippen LogP contribution in [0.2, 0.25) is 0 Å². The van der Waals surface area contributed by atoms with Gasteiger partial charge in [-0.05, 0) is 29.8 Å². The number of hydrogen-bond acceptors (Lipinski definition) is 4. The number of carbonyl (C=O) groups excluding carboxylic acids is 1. The van der Waals surface area contributed by atoms with Crippen LogP contribution in [0.15, 0.2) is 64.8 Å². The predicted molar refractivity (Wildman–Crippen MR) is 86.4 cm³/mol. The molecule has 136 valence electrons. The molecule has 9 heteroatoms. The number of azo groups is 1. The SMILES string of the molecule is O=C(O)[C@H](Cc1ccc(N=Nc2ccccc2)cc1)NC(=O)C(F)(F)F. The van der Waals surface area contributed by atoms with Gasteiger partial charge in [0.2, 0.25) is 0 Å². The van der Waals surface area contributed by atoms with E-state index in [9.17, 15) is 22.8 Å². The lowest BCUT2D eigenvalue weighted by Gasteiger charge is -2.15. The normalized spacial score (nSPS) is 12.7. The molecule has 0 saturated heterocycles. The summed E-state index contributed by atoms with van der Waals surface area (Å²) in [6.45, 7) is 0. The second-order valence-corrected chi connectivity index (χ2v) is 5.27. The molecule has 2 rings (SSSR count). The summed E-state index contributed by atoms with van der Waals surface area (Å²) in [6.07, 6.45) is -5.44. The smallest absolute Gasteiger partial charge is 0.471 e. The molecule has 0 bridgehead atoms. The number of nitrogens with one attached hydrogen (secondary N) is 1. The molecular weight excluding hydrogens is 351 g/mol. The molecule has 0 heterocycles. The van der Waals surface area contributed by atoms with Crippen molar-refractivity contribution in [1.29, 1.82) is 0 Å². The van der Waals surface area contributed by atoms with E-state index in [2.05, 4.69) is 10.2 Å². The zero-order chi connectivity index (χ0) is 19.2. The number of carboxylic acid groups (broad SMARTS) is 1. The van der Waals surface area contributed by atoms with Crippen molar-refractivity contribution in [3.05, 3.63) is 60.2 Å². The maximum Gasteiger partial charge on any atom is 0.471 e. The van der Waals surface area contributed by atoms with E-state index in [1.54, 1.807) is 36.4 Å². The molecule has 2 N–H and O–H groups in total. The number of rotatable bonds is 6. The van der Waals surface area contributed by atoms with E-state index >= 15 is 0 Å². The average molecular weight is 365 g/mol. The van der Waals surface area contributed by atoms with Crippen molar-refractivity contribution in [3.8, 4) is 0 Å². The van der Waals surface area contributed by atoms with Crippen LogP contribution in [0.25, 0.3) is 0 Å². The van der Waals surface area contributed by atoms with Gasteiger partial charge in [0.1, 0.15) is 6.04 Å². The molecule has 0 aliphatic heterocycles. The van der Waals surface area contributed by atoms with Gasteiger partial charge < -0.3 is 10.4 Å². The molecule has 1 atom stereocenters. The molecule has 0 spiro atoms. The molecule has 0 aliphatic carbocycles. The lowest BCUT2D eigenvalue weighted by Crippen LogP contribution is -2.47. The maximum absolute atomic E-state index is 12.3. The highest BCUT2D eigenvalue weighted by molar-refractivity contribution is 5.87.